The molecule has 0 bridgehead atoms. The maximum absolute atomic E-state index is 12.0. The lowest BCUT2D eigenvalue weighted by Crippen LogP contribution is -2.05. The molecule has 0 spiro atoms. The molecule has 0 radical (unpaired) electrons. The van der Waals surface area contributed by atoms with E-state index in [-0.39, 0.29) is 5.97 Å². The second-order valence-corrected chi connectivity index (χ2v) is 6.26. The highest BCUT2D eigenvalue weighted by molar-refractivity contribution is 14.1. The van der Waals surface area contributed by atoms with Gasteiger partial charge in [0.1, 0.15) is 0 Å². The molecular weight excluding hydrogens is 399 g/mol. The molecule has 0 aliphatic heterocycles. The molecule has 0 amide bonds. The molecule has 0 saturated carbocycles. The highest BCUT2D eigenvalue weighted by atomic mass is 127. The van der Waals surface area contributed by atoms with Gasteiger partial charge >= 0.3 is 5.97 Å². The summed E-state index contributed by atoms with van der Waals surface area (Å²) in [6.45, 7) is 0. The van der Waals surface area contributed by atoms with Crippen LogP contribution in [0.25, 0.3) is 22.3 Å². The Bertz CT molecular complexity index is 827. The Labute approximate surface area is 149 Å². The van der Waals surface area contributed by atoms with Crippen LogP contribution in [0.5, 0.6) is 0 Å². The van der Waals surface area contributed by atoms with Crippen LogP contribution < -0.4 is 0 Å². The molecule has 3 aromatic carbocycles. The van der Waals surface area contributed by atoms with Gasteiger partial charge in [-0.25, -0.2) is 4.79 Å². The van der Waals surface area contributed by atoms with Gasteiger partial charge in [-0.1, -0.05) is 60.7 Å². The van der Waals surface area contributed by atoms with Crippen molar-refractivity contribution in [1.82, 2.24) is 0 Å². The third-order valence-electron chi connectivity index (χ3n) is 3.68. The van der Waals surface area contributed by atoms with Gasteiger partial charge in [0.15, 0.2) is 0 Å². The summed E-state index contributed by atoms with van der Waals surface area (Å²) in [4.78, 5) is 12.0. The van der Waals surface area contributed by atoms with E-state index in [4.69, 9.17) is 4.74 Å². The average molecular weight is 414 g/mol. The molecule has 0 fully saturated rings. The Balaban J connectivity index is 2.27. The summed E-state index contributed by atoms with van der Waals surface area (Å²) < 4.78 is 5.79. The van der Waals surface area contributed by atoms with Crippen molar-refractivity contribution in [3.63, 3.8) is 0 Å². The van der Waals surface area contributed by atoms with Crippen molar-refractivity contribution in [3.8, 4) is 22.3 Å². The quantitative estimate of drug-likeness (QED) is 0.423. The number of methoxy groups -OCH3 is 1. The molecule has 114 valence electrons. The van der Waals surface area contributed by atoms with Crippen molar-refractivity contribution in [2.75, 3.05) is 7.11 Å². The predicted octanol–water partition coefficient (Wildman–Crippen LogP) is 5.41. The van der Waals surface area contributed by atoms with Crippen LogP contribution in [0, 0.1) is 3.57 Å². The molecule has 3 heteroatoms. The Morgan fingerprint density at radius 3 is 1.78 bits per heavy atom. The van der Waals surface area contributed by atoms with E-state index in [0.29, 0.717) is 5.56 Å². The summed E-state index contributed by atoms with van der Waals surface area (Å²) in [5.74, 6) is -0.314. The smallest absolute Gasteiger partial charge is 0.338 e. The second kappa shape index (κ2) is 6.96. The molecule has 3 rings (SSSR count). The van der Waals surface area contributed by atoms with E-state index in [1.54, 1.807) is 0 Å². The van der Waals surface area contributed by atoms with E-state index >= 15 is 0 Å². The van der Waals surface area contributed by atoms with Crippen LogP contribution in [0.15, 0.2) is 72.8 Å². The summed E-state index contributed by atoms with van der Waals surface area (Å²) in [6, 6.07) is 24.3. The Kier molecular flexibility index (Phi) is 4.76. The molecule has 0 unspecified atom stereocenters. The van der Waals surface area contributed by atoms with Gasteiger partial charge in [-0.15, -0.1) is 0 Å². The lowest BCUT2D eigenvalue weighted by molar-refractivity contribution is 0.0599. The molecule has 0 N–H and O–H groups in total. The van der Waals surface area contributed by atoms with E-state index in [1.165, 1.54) is 7.11 Å². The van der Waals surface area contributed by atoms with E-state index < -0.39 is 0 Å². The van der Waals surface area contributed by atoms with Crippen LogP contribution in [0.1, 0.15) is 10.4 Å². The van der Waals surface area contributed by atoms with Crippen molar-refractivity contribution in [3.05, 3.63) is 81.9 Å². The minimum atomic E-state index is -0.314. The van der Waals surface area contributed by atoms with Crippen LogP contribution in [0.3, 0.4) is 0 Å². The van der Waals surface area contributed by atoms with E-state index in [1.807, 2.05) is 48.5 Å². The number of esters is 1. The third kappa shape index (κ3) is 3.29. The zero-order valence-corrected chi connectivity index (χ0v) is 14.8. The highest BCUT2D eigenvalue weighted by Crippen LogP contribution is 2.35. The first kappa shape index (κ1) is 15.7. The molecule has 0 aromatic heterocycles. The number of ether oxygens (including phenoxy) is 1. The summed E-state index contributed by atoms with van der Waals surface area (Å²) in [5.41, 5.74) is 4.92. The monoisotopic (exact) mass is 414 g/mol. The van der Waals surface area contributed by atoms with Crippen molar-refractivity contribution in [1.29, 1.82) is 0 Å². The summed E-state index contributed by atoms with van der Waals surface area (Å²) in [7, 11) is 1.41. The molecule has 0 aliphatic carbocycles. The normalized spacial score (nSPS) is 10.3. The minimum Gasteiger partial charge on any atom is -0.465 e. The first-order chi connectivity index (χ1) is 11.2. The van der Waals surface area contributed by atoms with Gasteiger partial charge in [-0.2, -0.15) is 0 Å². The third-order valence-corrected chi connectivity index (χ3v) is 4.57. The average Bonchev–Trinajstić information content (AvgIpc) is 2.62. The molecule has 0 saturated heterocycles. The lowest BCUT2D eigenvalue weighted by atomic mass is 9.93. The van der Waals surface area contributed by atoms with Gasteiger partial charge in [-0.05, 0) is 57.0 Å². The Hall–Kier alpha value is -2.14. The number of hydrogen-bond donors (Lipinski definition) is 0. The molecule has 23 heavy (non-hydrogen) atoms. The van der Waals surface area contributed by atoms with Gasteiger partial charge < -0.3 is 4.74 Å². The highest BCUT2D eigenvalue weighted by Gasteiger charge is 2.16. The Morgan fingerprint density at radius 1 is 0.826 bits per heavy atom. The van der Waals surface area contributed by atoms with Gasteiger partial charge in [-0.3, -0.25) is 0 Å². The van der Waals surface area contributed by atoms with Crippen molar-refractivity contribution in [2.45, 2.75) is 0 Å². The standard InChI is InChI=1S/C20H15IO2/c1-23-20(22)18-12-16(14-8-4-2-5-9-14)17(13-19(18)21)15-10-6-3-7-11-15/h2-13H,1H3. The fourth-order valence-corrected chi connectivity index (χ4v) is 3.24. The van der Waals surface area contributed by atoms with Gasteiger partial charge in [0.2, 0.25) is 0 Å². The van der Waals surface area contributed by atoms with Crippen LogP contribution in [-0.4, -0.2) is 13.1 Å². The van der Waals surface area contributed by atoms with E-state index in [2.05, 4.69) is 46.9 Å². The van der Waals surface area contributed by atoms with Gasteiger partial charge in [0.05, 0.1) is 12.7 Å². The summed E-state index contributed by atoms with van der Waals surface area (Å²) >= 11 is 2.19. The first-order valence-corrected chi connectivity index (χ1v) is 8.31. The zero-order chi connectivity index (χ0) is 16.2. The fourth-order valence-electron chi connectivity index (χ4n) is 2.55. The van der Waals surface area contributed by atoms with Crippen LogP contribution in [0.4, 0.5) is 0 Å². The SMILES string of the molecule is COC(=O)c1cc(-c2ccccc2)c(-c2ccccc2)cc1I. The topological polar surface area (TPSA) is 26.3 Å². The molecule has 0 atom stereocenters. The fraction of sp³-hybridized carbons (Fsp3) is 0.0500. The van der Waals surface area contributed by atoms with E-state index in [9.17, 15) is 4.79 Å². The molecular formula is C20H15IO2. The molecule has 3 aromatic rings. The lowest BCUT2D eigenvalue weighted by Gasteiger charge is -2.14. The minimum absolute atomic E-state index is 0.314. The zero-order valence-electron chi connectivity index (χ0n) is 12.6. The number of carbonyl (C=O) groups excluding carboxylic acids is 1. The van der Waals surface area contributed by atoms with Gasteiger partial charge in [0.25, 0.3) is 0 Å². The number of carbonyl (C=O) groups is 1. The molecule has 0 heterocycles. The number of rotatable bonds is 3. The number of benzene rings is 3. The van der Waals surface area contributed by atoms with Crippen LogP contribution >= 0.6 is 22.6 Å². The van der Waals surface area contributed by atoms with Crippen molar-refractivity contribution < 1.29 is 9.53 Å². The van der Waals surface area contributed by atoms with Crippen molar-refractivity contribution >= 4 is 28.6 Å². The maximum atomic E-state index is 12.0. The van der Waals surface area contributed by atoms with Crippen molar-refractivity contribution in [2.24, 2.45) is 0 Å². The number of hydrogen-bond acceptors (Lipinski definition) is 2. The van der Waals surface area contributed by atoms with Crippen LogP contribution in [0.2, 0.25) is 0 Å². The number of halogens is 1. The molecule has 0 aliphatic rings. The largest absolute Gasteiger partial charge is 0.465 e. The first-order valence-electron chi connectivity index (χ1n) is 7.23. The molecule has 2 nitrogen and oxygen atoms in total. The van der Waals surface area contributed by atoms with Gasteiger partial charge in [0, 0.05) is 3.57 Å². The van der Waals surface area contributed by atoms with E-state index in [0.717, 1.165) is 25.8 Å². The Morgan fingerprint density at radius 2 is 1.30 bits per heavy atom. The maximum Gasteiger partial charge on any atom is 0.338 e. The predicted molar refractivity (Wildman–Crippen MR) is 101 cm³/mol. The van der Waals surface area contributed by atoms with Crippen LogP contribution in [-0.2, 0) is 4.74 Å². The second-order valence-electron chi connectivity index (χ2n) is 5.10. The summed E-state index contributed by atoms with van der Waals surface area (Å²) in [6.07, 6.45) is 0. The summed E-state index contributed by atoms with van der Waals surface area (Å²) in [5, 5.41) is 0.